The standard InChI is InChI=1S/C14H18BrNO4/c1-10(14(17)16-5-7-19-8-6-16)20-13-4-3-11(18-2)9-12(13)15/h3-4,9-10H,5-8H2,1-2H3. The van der Waals surface area contributed by atoms with E-state index in [4.69, 9.17) is 14.2 Å². The number of carbonyl (C=O) groups excluding carboxylic acids is 1. The van der Waals surface area contributed by atoms with Gasteiger partial charge >= 0.3 is 0 Å². The Bertz CT molecular complexity index is 474. The summed E-state index contributed by atoms with van der Waals surface area (Å²) in [4.78, 5) is 14.0. The van der Waals surface area contributed by atoms with E-state index in [1.165, 1.54) is 0 Å². The zero-order valence-corrected chi connectivity index (χ0v) is 13.2. The molecule has 0 aromatic heterocycles. The summed E-state index contributed by atoms with van der Waals surface area (Å²) >= 11 is 3.41. The molecular weight excluding hydrogens is 326 g/mol. The van der Waals surface area contributed by atoms with E-state index < -0.39 is 6.10 Å². The SMILES string of the molecule is COc1ccc(OC(C)C(=O)N2CCOCC2)c(Br)c1. The van der Waals surface area contributed by atoms with Crippen LogP contribution in [0, 0.1) is 0 Å². The Morgan fingerprint density at radius 1 is 1.40 bits per heavy atom. The highest BCUT2D eigenvalue weighted by Gasteiger charge is 2.24. The summed E-state index contributed by atoms with van der Waals surface area (Å²) in [5, 5.41) is 0. The van der Waals surface area contributed by atoms with E-state index in [2.05, 4.69) is 15.9 Å². The molecule has 0 N–H and O–H groups in total. The summed E-state index contributed by atoms with van der Waals surface area (Å²) in [6.07, 6.45) is -0.530. The quantitative estimate of drug-likeness (QED) is 0.839. The Balaban J connectivity index is 1.99. The number of carbonyl (C=O) groups is 1. The first-order chi connectivity index (χ1) is 9.61. The van der Waals surface area contributed by atoms with Crippen molar-refractivity contribution in [3.63, 3.8) is 0 Å². The summed E-state index contributed by atoms with van der Waals surface area (Å²) in [7, 11) is 1.60. The average Bonchev–Trinajstić information content (AvgIpc) is 2.49. The molecule has 1 aromatic rings. The van der Waals surface area contributed by atoms with Gasteiger partial charge in [0.15, 0.2) is 6.10 Å². The van der Waals surface area contributed by atoms with Crippen LogP contribution in [0.15, 0.2) is 22.7 Å². The van der Waals surface area contributed by atoms with Crippen molar-refractivity contribution in [1.29, 1.82) is 0 Å². The Kier molecular flexibility index (Phi) is 5.25. The molecule has 1 unspecified atom stereocenters. The van der Waals surface area contributed by atoms with Crippen LogP contribution in [0.3, 0.4) is 0 Å². The van der Waals surface area contributed by atoms with Gasteiger partial charge < -0.3 is 19.1 Å². The zero-order chi connectivity index (χ0) is 14.5. The molecule has 1 saturated heterocycles. The van der Waals surface area contributed by atoms with Crippen LogP contribution in [-0.4, -0.2) is 50.3 Å². The second kappa shape index (κ2) is 6.95. The third-order valence-corrected chi connectivity index (χ3v) is 3.73. The van der Waals surface area contributed by atoms with E-state index in [-0.39, 0.29) is 5.91 Å². The molecule has 1 fully saturated rings. The van der Waals surface area contributed by atoms with Crippen molar-refractivity contribution in [2.24, 2.45) is 0 Å². The molecule has 0 spiro atoms. The van der Waals surface area contributed by atoms with Gasteiger partial charge in [-0.05, 0) is 41.1 Å². The summed E-state index contributed by atoms with van der Waals surface area (Å²) in [5.41, 5.74) is 0. The van der Waals surface area contributed by atoms with Gasteiger partial charge in [0, 0.05) is 13.1 Å². The number of methoxy groups -OCH3 is 1. The number of amides is 1. The maximum Gasteiger partial charge on any atom is 0.263 e. The lowest BCUT2D eigenvalue weighted by Gasteiger charge is -2.29. The number of halogens is 1. The van der Waals surface area contributed by atoms with E-state index in [0.717, 1.165) is 10.2 Å². The molecule has 110 valence electrons. The van der Waals surface area contributed by atoms with Crippen LogP contribution in [-0.2, 0) is 9.53 Å². The molecule has 6 heteroatoms. The Hall–Kier alpha value is -1.27. The largest absolute Gasteiger partial charge is 0.497 e. The van der Waals surface area contributed by atoms with Crippen molar-refractivity contribution in [3.05, 3.63) is 22.7 Å². The third kappa shape index (κ3) is 3.64. The summed E-state index contributed by atoms with van der Waals surface area (Å²) < 4.78 is 16.8. The molecule has 5 nitrogen and oxygen atoms in total. The summed E-state index contributed by atoms with van der Waals surface area (Å²) in [5.74, 6) is 1.34. The lowest BCUT2D eigenvalue weighted by atomic mass is 10.3. The average molecular weight is 344 g/mol. The number of hydrogen-bond acceptors (Lipinski definition) is 4. The minimum atomic E-state index is -0.530. The van der Waals surface area contributed by atoms with Gasteiger partial charge in [0.05, 0.1) is 24.8 Å². The Morgan fingerprint density at radius 3 is 2.70 bits per heavy atom. The molecule has 2 rings (SSSR count). The molecular formula is C14H18BrNO4. The first-order valence-electron chi connectivity index (χ1n) is 6.48. The van der Waals surface area contributed by atoms with Gasteiger partial charge in [-0.3, -0.25) is 4.79 Å². The molecule has 20 heavy (non-hydrogen) atoms. The van der Waals surface area contributed by atoms with E-state index in [9.17, 15) is 4.79 Å². The van der Waals surface area contributed by atoms with Gasteiger partial charge in [-0.2, -0.15) is 0 Å². The minimum absolute atomic E-state index is 0.0176. The first-order valence-corrected chi connectivity index (χ1v) is 7.28. The fourth-order valence-corrected chi connectivity index (χ4v) is 2.44. The van der Waals surface area contributed by atoms with Crippen molar-refractivity contribution in [2.45, 2.75) is 13.0 Å². The second-order valence-corrected chi connectivity index (χ2v) is 5.35. The van der Waals surface area contributed by atoms with Gasteiger partial charge in [0.25, 0.3) is 5.91 Å². The maximum atomic E-state index is 12.2. The van der Waals surface area contributed by atoms with Crippen molar-refractivity contribution >= 4 is 21.8 Å². The van der Waals surface area contributed by atoms with Gasteiger partial charge in [-0.15, -0.1) is 0 Å². The molecule has 0 radical (unpaired) electrons. The van der Waals surface area contributed by atoms with Crippen molar-refractivity contribution in [1.82, 2.24) is 4.90 Å². The first kappa shape index (κ1) is 15.1. The fourth-order valence-electron chi connectivity index (χ4n) is 1.99. The molecule has 1 atom stereocenters. The smallest absolute Gasteiger partial charge is 0.263 e. The zero-order valence-electron chi connectivity index (χ0n) is 11.6. The van der Waals surface area contributed by atoms with E-state index in [1.807, 2.05) is 0 Å². The monoisotopic (exact) mass is 343 g/mol. The fraction of sp³-hybridized carbons (Fsp3) is 0.500. The van der Waals surface area contributed by atoms with E-state index in [0.29, 0.717) is 32.1 Å². The highest BCUT2D eigenvalue weighted by molar-refractivity contribution is 9.10. The van der Waals surface area contributed by atoms with Crippen molar-refractivity contribution < 1.29 is 19.0 Å². The molecule has 1 aliphatic rings. The van der Waals surface area contributed by atoms with Gasteiger partial charge in [-0.25, -0.2) is 0 Å². The van der Waals surface area contributed by atoms with Gasteiger partial charge in [0.2, 0.25) is 0 Å². The normalized spacial score (nSPS) is 16.6. The van der Waals surface area contributed by atoms with Crippen molar-refractivity contribution in [3.8, 4) is 11.5 Å². The van der Waals surface area contributed by atoms with Crippen LogP contribution in [0.5, 0.6) is 11.5 Å². The number of nitrogens with zero attached hydrogens (tertiary/aromatic N) is 1. The van der Waals surface area contributed by atoms with Gasteiger partial charge in [-0.1, -0.05) is 0 Å². The number of rotatable bonds is 4. The van der Waals surface area contributed by atoms with Crippen LogP contribution in [0.4, 0.5) is 0 Å². The van der Waals surface area contributed by atoms with Crippen LogP contribution in [0.2, 0.25) is 0 Å². The summed E-state index contributed by atoms with van der Waals surface area (Å²) in [6.45, 7) is 4.18. The Morgan fingerprint density at radius 2 is 2.10 bits per heavy atom. The highest BCUT2D eigenvalue weighted by Crippen LogP contribution is 2.30. The van der Waals surface area contributed by atoms with Gasteiger partial charge in [0.1, 0.15) is 11.5 Å². The van der Waals surface area contributed by atoms with Crippen LogP contribution < -0.4 is 9.47 Å². The third-order valence-electron chi connectivity index (χ3n) is 3.11. The predicted molar refractivity (Wildman–Crippen MR) is 78.2 cm³/mol. The van der Waals surface area contributed by atoms with Crippen molar-refractivity contribution in [2.75, 3.05) is 33.4 Å². The van der Waals surface area contributed by atoms with Crippen LogP contribution in [0.25, 0.3) is 0 Å². The topological polar surface area (TPSA) is 48.0 Å². The predicted octanol–water partition coefficient (Wildman–Crippen LogP) is 2.08. The number of ether oxygens (including phenoxy) is 3. The molecule has 0 bridgehead atoms. The number of morpholine rings is 1. The Labute approximate surface area is 126 Å². The molecule has 1 heterocycles. The molecule has 1 aliphatic heterocycles. The van der Waals surface area contributed by atoms with E-state index >= 15 is 0 Å². The summed E-state index contributed by atoms with van der Waals surface area (Å²) in [6, 6.07) is 5.39. The van der Waals surface area contributed by atoms with Crippen LogP contribution in [0.1, 0.15) is 6.92 Å². The number of benzene rings is 1. The van der Waals surface area contributed by atoms with Crippen LogP contribution >= 0.6 is 15.9 Å². The minimum Gasteiger partial charge on any atom is -0.497 e. The lowest BCUT2D eigenvalue weighted by molar-refractivity contribution is -0.142. The lowest BCUT2D eigenvalue weighted by Crippen LogP contribution is -2.46. The molecule has 0 aliphatic carbocycles. The second-order valence-electron chi connectivity index (χ2n) is 4.49. The molecule has 1 aromatic carbocycles. The molecule has 1 amide bonds. The highest BCUT2D eigenvalue weighted by atomic mass is 79.9. The number of hydrogen-bond donors (Lipinski definition) is 0. The molecule has 0 saturated carbocycles. The maximum absolute atomic E-state index is 12.2. The van der Waals surface area contributed by atoms with E-state index in [1.54, 1.807) is 37.1 Å².